The number of aryl methyl sites for hydroxylation is 2. The molecule has 0 radical (unpaired) electrons. The van der Waals surface area contributed by atoms with Gasteiger partial charge in [0.2, 0.25) is 5.91 Å². The molecule has 1 heterocycles. The van der Waals surface area contributed by atoms with Gasteiger partial charge in [0.05, 0.1) is 9.88 Å². The summed E-state index contributed by atoms with van der Waals surface area (Å²) >= 11 is 1.25. The van der Waals surface area contributed by atoms with Gasteiger partial charge in [0.15, 0.2) is 0 Å². The third-order valence-corrected chi connectivity index (χ3v) is 3.89. The zero-order chi connectivity index (χ0) is 14.7. The molecule has 1 aromatic carbocycles. The van der Waals surface area contributed by atoms with E-state index >= 15 is 0 Å². The van der Waals surface area contributed by atoms with Crippen LogP contribution < -0.4 is 10.6 Å². The van der Waals surface area contributed by atoms with Crippen molar-refractivity contribution in [1.29, 1.82) is 0 Å². The van der Waals surface area contributed by atoms with E-state index in [2.05, 4.69) is 10.6 Å². The highest BCUT2D eigenvalue weighted by atomic mass is 32.1. The molecule has 1 aromatic heterocycles. The maximum atomic E-state index is 12.1. The van der Waals surface area contributed by atoms with Crippen LogP contribution in [0.3, 0.4) is 0 Å². The summed E-state index contributed by atoms with van der Waals surface area (Å²) in [6.07, 6.45) is 0. The number of carbonyl (C=O) groups is 2. The summed E-state index contributed by atoms with van der Waals surface area (Å²) in [6, 6.07) is 9.22. The van der Waals surface area contributed by atoms with Crippen LogP contribution in [-0.2, 0) is 4.79 Å². The summed E-state index contributed by atoms with van der Waals surface area (Å²) in [5.74, 6) is -0.317. The van der Waals surface area contributed by atoms with Crippen LogP contribution in [0.5, 0.6) is 0 Å². The van der Waals surface area contributed by atoms with E-state index in [0.29, 0.717) is 9.88 Å². The van der Waals surface area contributed by atoms with Gasteiger partial charge in [0.1, 0.15) is 0 Å². The van der Waals surface area contributed by atoms with Gasteiger partial charge >= 0.3 is 0 Å². The minimum atomic E-state index is -0.171. The zero-order valence-electron chi connectivity index (χ0n) is 11.6. The van der Waals surface area contributed by atoms with Gasteiger partial charge in [-0.1, -0.05) is 6.07 Å². The van der Waals surface area contributed by atoms with Crippen LogP contribution in [0.1, 0.15) is 27.7 Å². The molecule has 0 atom stereocenters. The Hall–Kier alpha value is -2.14. The lowest BCUT2D eigenvalue weighted by atomic mass is 10.1. The van der Waals surface area contributed by atoms with Crippen LogP contribution in [0.2, 0.25) is 0 Å². The SMILES string of the molecule is CC(=O)Nc1ccc(C(=O)Nc2ccc(C)c(C)c2)s1. The van der Waals surface area contributed by atoms with E-state index < -0.39 is 0 Å². The van der Waals surface area contributed by atoms with Gasteiger partial charge in [-0.15, -0.1) is 11.3 Å². The number of nitrogens with one attached hydrogen (secondary N) is 2. The van der Waals surface area contributed by atoms with Crippen molar-refractivity contribution in [3.63, 3.8) is 0 Å². The Bertz CT molecular complexity index is 662. The van der Waals surface area contributed by atoms with Crippen molar-refractivity contribution in [2.24, 2.45) is 0 Å². The molecule has 5 heteroatoms. The Labute approximate surface area is 121 Å². The number of amides is 2. The third-order valence-electron chi connectivity index (χ3n) is 2.89. The van der Waals surface area contributed by atoms with E-state index in [0.717, 1.165) is 11.3 Å². The van der Waals surface area contributed by atoms with Crippen LogP contribution in [0.4, 0.5) is 10.7 Å². The monoisotopic (exact) mass is 288 g/mol. The number of rotatable bonds is 3. The summed E-state index contributed by atoms with van der Waals surface area (Å²) in [7, 11) is 0. The number of hydrogen-bond acceptors (Lipinski definition) is 3. The first-order chi connectivity index (χ1) is 9.45. The Balaban J connectivity index is 2.09. The quantitative estimate of drug-likeness (QED) is 0.907. The third kappa shape index (κ3) is 3.45. The second-order valence-corrected chi connectivity index (χ2v) is 5.68. The summed E-state index contributed by atoms with van der Waals surface area (Å²) in [5, 5.41) is 6.18. The van der Waals surface area contributed by atoms with Crippen molar-refractivity contribution in [1.82, 2.24) is 0 Å². The topological polar surface area (TPSA) is 58.2 Å². The number of thiophene rings is 1. The van der Waals surface area contributed by atoms with Gasteiger partial charge in [0, 0.05) is 12.6 Å². The van der Waals surface area contributed by atoms with Crippen LogP contribution in [0, 0.1) is 13.8 Å². The molecule has 2 aromatic rings. The molecular weight excluding hydrogens is 272 g/mol. The van der Waals surface area contributed by atoms with Crippen molar-refractivity contribution in [2.45, 2.75) is 20.8 Å². The Morgan fingerprint density at radius 3 is 2.40 bits per heavy atom. The smallest absolute Gasteiger partial charge is 0.265 e. The molecule has 0 aliphatic heterocycles. The van der Waals surface area contributed by atoms with E-state index in [1.54, 1.807) is 12.1 Å². The fraction of sp³-hybridized carbons (Fsp3) is 0.200. The van der Waals surface area contributed by atoms with Crippen molar-refractivity contribution in [2.75, 3.05) is 10.6 Å². The predicted molar refractivity (Wildman–Crippen MR) is 82.5 cm³/mol. The lowest BCUT2D eigenvalue weighted by Gasteiger charge is -2.06. The Morgan fingerprint density at radius 1 is 1.00 bits per heavy atom. The molecule has 0 bridgehead atoms. The molecule has 4 nitrogen and oxygen atoms in total. The molecule has 0 saturated carbocycles. The highest BCUT2D eigenvalue weighted by Crippen LogP contribution is 2.23. The summed E-state index contributed by atoms with van der Waals surface area (Å²) in [6.45, 7) is 5.47. The average molecular weight is 288 g/mol. The van der Waals surface area contributed by atoms with Gasteiger partial charge < -0.3 is 10.6 Å². The van der Waals surface area contributed by atoms with Crippen molar-refractivity contribution in [3.8, 4) is 0 Å². The largest absolute Gasteiger partial charge is 0.321 e. The molecule has 2 N–H and O–H groups in total. The van der Waals surface area contributed by atoms with Gasteiger partial charge in [-0.05, 0) is 49.2 Å². The van der Waals surface area contributed by atoms with Crippen molar-refractivity contribution in [3.05, 3.63) is 46.3 Å². The van der Waals surface area contributed by atoms with Gasteiger partial charge in [0.25, 0.3) is 5.91 Å². The first-order valence-corrected chi connectivity index (χ1v) is 7.03. The van der Waals surface area contributed by atoms with Crippen LogP contribution >= 0.6 is 11.3 Å². The van der Waals surface area contributed by atoms with Crippen molar-refractivity contribution >= 4 is 33.8 Å². The number of carbonyl (C=O) groups excluding carboxylic acids is 2. The Morgan fingerprint density at radius 2 is 1.75 bits per heavy atom. The van der Waals surface area contributed by atoms with Crippen molar-refractivity contribution < 1.29 is 9.59 Å². The summed E-state index contributed by atoms with van der Waals surface area (Å²) in [4.78, 5) is 23.6. The molecule has 0 fully saturated rings. The van der Waals surface area contributed by atoms with Gasteiger partial charge in [-0.3, -0.25) is 9.59 Å². The summed E-state index contributed by atoms with van der Waals surface area (Å²) in [5.41, 5.74) is 3.09. The number of anilines is 2. The molecule has 0 spiro atoms. The first kappa shape index (κ1) is 14.3. The molecule has 0 unspecified atom stereocenters. The standard InChI is InChI=1S/C15H16N2O2S/c1-9-4-5-12(8-10(9)2)17-15(19)13-6-7-14(20-13)16-11(3)18/h4-8H,1-3H3,(H,16,18)(H,17,19). The molecule has 104 valence electrons. The highest BCUT2D eigenvalue weighted by Gasteiger charge is 2.10. The first-order valence-electron chi connectivity index (χ1n) is 6.22. The zero-order valence-corrected chi connectivity index (χ0v) is 12.4. The lowest BCUT2D eigenvalue weighted by Crippen LogP contribution is -2.10. The van der Waals surface area contributed by atoms with E-state index in [1.807, 2.05) is 32.0 Å². The fourth-order valence-electron chi connectivity index (χ4n) is 1.71. The van der Waals surface area contributed by atoms with E-state index in [9.17, 15) is 9.59 Å². The molecule has 0 aliphatic rings. The molecule has 2 amide bonds. The highest BCUT2D eigenvalue weighted by molar-refractivity contribution is 7.18. The van der Waals surface area contributed by atoms with Gasteiger partial charge in [-0.25, -0.2) is 0 Å². The lowest BCUT2D eigenvalue weighted by molar-refractivity contribution is -0.114. The molecular formula is C15H16N2O2S. The van der Waals surface area contributed by atoms with E-state index in [-0.39, 0.29) is 11.8 Å². The second-order valence-electron chi connectivity index (χ2n) is 4.60. The average Bonchev–Trinajstić information content (AvgIpc) is 2.81. The molecule has 0 saturated heterocycles. The van der Waals surface area contributed by atoms with Gasteiger partial charge in [-0.2, -0.15) is 0 Å². The fourth-order valence-corrected chi connectivity index (χ4v) is 2.56. The molecule has 20 heavy (non-hydrogen) atoms. The van der Waals surface area contributed by atoms with Crippen LogP contribution in [0.15, 0.2) is 30.3 Å². The minimum Gasteiger partial charge on any atom is -0.321 e. The van der Waals surface area contributed by atoms with Crippen LogP contribution in [0.25, 0.3) is 0 Å². The Kier molecular flexibility index (Phi) is 4.20. The maximum Gasteiger partial charge on any atom is 0.265 e. The second kappa shape index (κ2) is 5.88. The predicted octanol–water partition coefficient (Wildman–Crippen LogP) is 3.58. The molecule has 2 rings (SSSR count). The number of benzene rings is 1. The van der Waals surface area contributed by atoms with E-state index in [1.165, 1.54) is 23.8 Å². The maximum absolute atomic E-state index is 12.1. The van der Waals surface area contributed by atoms with E-state index in [4.69, 9.17) is 0 Å². The molecule has 0 aliphatic carbocycles. The normalized spacial score (nSPS) is 10.2. The van der Waals surface area contributed by atoms with Crippen LogP contribution in [-0.4, -0.2) is 11.8 Å². The number of hydrogen-bond donors (Lipinski definition) is 2. The minimum absolute atomic E-state index is 0.145. The summed E-state index contributed by atoms with van der Waals surface area (Å²) < 4.78 is 0.